The zero-order valence-corrected chi connectivity index (χ0v) is 15.6. The van der Waals surface area contributed by atoms with Crippen LogP contribution in [0.5, 0.6) is 0 Å². The number of ketones is 1. The molecule has 0 atom stereocenters. The lowest BCUT2D eigenvalue weighted by Crippen LogP contribution is -2.20. The van der Waals surface area contributed by atoms with E-state index in [4.69, 9.17) is 9.40 Å². The monoisotopic (exact) mass is 361 g/mol. The van der Waals surface area contributed by atoms with Gasteiger partial charge in [-0.2, -0.15) is 0 Å². The van der Waals surface area contributed by atoms with Crippen LogP contribution < -0.4 is 0 Å². The number of benzene rings is 1. The number of aromatic nitrogens is 5. The van der Waals surface area contributed by atoms with Crippen LogP contribution in [0.3, 0.4) is 0 Å². The number of H-pyrrole nitrogens is 1. The Morgan fingerprint density at radius 3 is 2.63 bits per heavy atom. The highest BCUT2D eigenvalue weighted by atomic mass is 16.4. The number of hydrogen-bond donors (Lipinski definition) is 1. The van der Waals surface area contributed by atoms with Gasteiger partial charge in [0.05, 0.1) is 17.5 Å². The summed E-state index contributed by atoms with van der Waals surface area (Å²) in [7, 11) is 0. The molecule has 0 unspecified atom stereocenters. The maximum atomic E-state index is 12.7. The SMILES string of the molecule is Cc1nnc(-c2cccc(-c3cnc4[nH]cc(C(=O)C(C)(C)C)c4n3)c2)o1. The van der Waals surface area contributed by atoms with Gasteiger partial charge in [-0.3, -0.25) is 4.79 Å². The summed E-state index contributed by atoms with van der Waals surface area (Å²) in [5.74, 6) is 0.984. The molecule has 27 heavy (non-hydrogen) atoms. The van der Waals surface area contributed by atoms with Crippen LogP contribution in [-0.4, -0.2) is 30.9 Å². The first-order chi connectivity index (χ1) is 12.8. The average molecular weight is 361 g/mol. The summed E-state index contributed by atoms with van der Waals surface area (Å²) in [4.78, 5) is 24.9. The van der Waals surface area contributed by atoms with Gasteiger partial charge in [-0.25, -0.2) is 9.97 Å². The van der Waals surface area contributed by atoms with Gasteiger partial charge in [-0.15, -0.1) is 10.2 Å². The summed E-state index contributed by atoms with van der Waals surface area (Å²) in [5, 5.41) is 7.92. The minimum atomic E-state index is -0.497. The van der Waals surface area contributed by atoms with Gasteiger partial charge in [0.25, 0.3) is 0 Å². The molecule has 7 nitrogen and oxygen atoms in total. The van der Waals surface area contributed by atoms with E-state index in [0.29, 0.717) is 34.2 Å². The van der Waals surface area contributed by atoms with Gasteiger partial charge >= 0.3 is 0 Å². The van der Waals surface area contributed by atoms with Crippen molar-refractivity contribution in [2.45, 2.75) is 27.7 Å². The van der Waals surface area contributed by atoms with Crippen molar-refractivity contribution in [2.75, 3.05) is 0 Å². The third-order valence-electron chi connectivity index (χ3n) is 4.24. The number of nitrogens with zero attached hydrogens (tertiary/aromatic N) is 4. The van der Waals surface area contributed by atoms with Crippen LogP contribution in [-0.2, 0) is 0 Å². The Morgan fingerprint density at radius 1 is 1.15 bits per heavy atom. The van der Waals surface area contributed by atoms with E-state index < -0.39 is 5.41 Å². The zero-order valence-electron chi connectivity index (χ0n) is 15.6. The second-order valence-corrected chi connectivity index (χ2v) is 7.44. The number of aromatic amines is 1. The van der Waals surface area contributed by atoms with Crippen molar-refractivity contribution in [1.82, 2.24) is 25.1 Å². The van der Waals surface area contributed by atoms with Crippen molar-refractivity contribution in [3.8, 4) is 22.7 Å². The lowest BCUT2D eigenvalue weighted by Gasteiger charge is -2.15. The highest BCUT2D eigenvalue weighted by molar-refractivity contribution is 6.08. The summed E-state index contributed by atoms with van der Waals surface area (Å²) in [6.45, 7) is 7.42. The van der Waals surface area contributed by atoms with Crippen molar-refractivity contribution in [1.29, 1.82) is 0 Å². The molecule has 1 aromatic carbocycles. The lowest BCUT2D eigenvalue weighted by molar-refractivity contribution is 0.0860. The largest absolute Gasteiger partial charge is 0.421 e. The molecular formula is C20H19N5O2. The van der Waals surface area contributed by atoms with E-state index in [1.807, 2.05) is 45.0 Å². The standard InChI is InChI=1S/C20H19N5O2/c1-11-24-25-19(27-11)13-7-5-6-12(8-13)15-10-22-18-16(23-15)14(9-21-18)17(26)20(2,3)4/h5-10H,1-4H3,(H,21,22). The number of hydrogen-bond acceptors (Lipinski definition) is 6. The summed E-state index contributed by atoms with van der Waals surface area (Å²) in [6.07, 6.45) is 3.36. The smallest absolute Gasteiger partial charge is 0.247 e. The molecule has 3 heterocycles. The van der Waals surface area contributed by atoms with Crippen molar-refractivity contribution >= 4 is 16.9 Å². The van der Waals surface area contributed by atoms with Crippen molar-refractivity contribution in [3.05, 3.63) is 48.1 Å². The molecule has 0 fully saturated rings. The number of carbonyl (C=O) groups is 1. The molecule has 0 aliphatic carbocycles. The third-order valence-corrected chi connectivity index (χ3v) is 4.24. The highest BCUT2D eigenvalue weighted by Gasteiger charge is 2.26. The van der Waals surface area contributed by atoms with Crippen molar-refractivity contribution in [2.24, 2.45) is 5.41 Å². The van der Waals surface area contributed by atoms with E-state index in [1.54, 1.807) is 19.3 Å². The van der Waals surface area contributed by atoms with Gasteiger partial charge in [0.15, 0.2) is 11.4 Å². The van der Waals surface area contributed by atoms with Crippen LogP contribution in [0.4, 0.5) is 0 Å². The van der Waals surface area contributed by atoms with Gasteiger partial charge in [0.2, 0.25) is 11.8 Å². The number of Topliss-reactive ketones (excluding diaryl/α,β-unsaturated/α-hetero) is 1. The summed E-state index contributed by atoms with van der Waals surface area (Å²) >= 11 is 0. The predicted molar refractivity (Wildman–Crippen MR) is 101 cm³/mol. The first-order valence-corrected chi connectivity index (χ1v) is 8.63. The van der Waals surface area contributed by atoms with E-state index >= 15 is 0 Å². The molecule has 0 saturated carbocycles. The Balaban J connectivity index is 1.80. The molecule has 0 aliphatic heterocycles. The highest BCUT2D eigenvalue weighted by Crippen LogP contribution is 2.28. The fraction of sp³-hybridized carbons (Fsp3) is 0.250. The molecule has 0 amide bonds. The lowest BCUT2D eigenvalue weighted by atomic mass is 9.87. The molecule has 0 aliphatic rings. The fourth-order valence-corrected chi connectivity index (χ4v) is 2.83. The molecule has 0 spiro atoms. The Labute approximate surface area is 155 Å². The number of nitrogens with one attached hydrogen (secondary N) is 1. The minimum absolute atomic E-state index is 0.0234. The third kappa shape index (κ3) is 3.12. The molecule has 7 heteroatoms. The minimum Gasteiger partial charge on any atom is -0.421 e. The van der Waals surface area contributed by atoms with E-state index in [0.717, 1.165) is 11.1 Å². The quantitative estimate of drug-likeness (QED) is 0.549. The maximum Gasteiger partial charge on any atom is 0.247 e. The van der Waals surface area contributed by atoms with Gasteiger partial charge < -0.3 is 9.40 Å². The molecule has 0 bridgehead atoms. The number of fused-ring (bicyclic) bond motifs is 1. The van der Waals surface area contributed by atoms with E-state index in [1.165, 1.54) is 0 Å². The van der Waals surface area contributed by atoms with Crippen LogP contribution in [0.25, 0.3) is 33.9 Å². The maximum absolute atomic E-state index is 12.7. The van der Waals surface area contributed by atoms with Crippen LogP contribution >= 0.6 is 0 Å². The summed E-state index contributed by atoms with van der Waals surface area (Å²) < 4.78 is 5.50. The molecule has 1 N–H and O–H groups in total. The van der Waals surface area contributed by atoms with Gasteiger partial charge in [0, 0.05) is 29.7 Å². The van der Waals surface area contributed by atoms with Crippen LogP contribution in [0.1, 0.15) is 37.0 Å². The summed E-state index contributed by atoms with van der Waals surface area (Å²) in [5.41, 5.74) is 3.55. The van der Waals surface area contributed by atoms with Crippen molar-refractivity contribution in [3.63, 3.8) is 0 Å². The normalized spacial score (nSPS) is 11.9. The topological polar surface area (TPSA) is 97.6 Å². The molecule has 0 saturated heterocycles. The van der Waals surface area contributed by atoms with Gasteiger partial charge in [0.1, 0.15) is 5.52 Å². The van der Waals surface area contributed by atoms with Gasteiger partial charge in [-0.05, 0) is 12.1 Å². The number of carbonyl (C=O) groups excluding carboxylic acids is 1. The van der Waals surface area contributed by atoms with E-state index in [-0.39, 0.29) is 5.78 Å². The number of aryl methyl sites for hydroxylation is 1. The molecule has 136 valence electrons. The molecule has 3 aromatic heterocycles. The molecule has 4 rings (SSSR count). The van der Waals surface area contributed by atoms with Crippen LogP contribution in [0.2, 0.25) is 0 Å². The molecular weight excluding hydrogens is 342 g/mol. The Kier molecular flexibility index (Phi) is 3.87. The Morgan fingerprint density at radius 2 is 1.93 bits per heavy atom. The first kappa shape index (κ1) is 17.1. The van der Waals surface area contributed by atoms with Crippen molar-refractivity contribution < 1.29 is 9.21 Å². The van der Waals surface area contributed by atoms with Gasteiger partial charge in [-0.1, -0.05) is 32.9 Å². The van der Waals surface area contributed by atoms with Crippen LogP contribution in [0, 0.1) is 12.3 Å². The van der Waals surface area contributed by atoms with E-state index in [9.17, 15) is 4.79 Å². The fourth-order valence-electron chi connectivity index (χ4n) is 2.83. The summed E-state index contributed by atoms with van der Waals surface area (Å²) in [6, 6.07) is 7.64. The molecule has 4 aromatic rings. The Bertz CT molecular complexity index is 1150. The second kappa shape index (κ2) is 6.12. The Hall–Kier alpha value is -3.35. The first-order valence-electron chi connectivity index (χ1n) is 8.63. The van der Waals surface area contributed by atoms with E-state index in [2.05, 4.69) is 20.2 Å². The number of rotatable bonds is 3. The second-order valence-electron chi connectivity index (χ2n) is 7.44. The predicted octanol–water partition coefficient (Wildman–Crippen LogP) is 4.21. The average Bonchev–Trinajstić information content (AvgIpc) is 3.26. The zero-order chi connectivity index (χ0) is 19.2. The molecule has 0 radical (unpaired) electrons. The van der Waals surface area contributed by atoms with Crippen LogP contribution in [0.15, 0.2) is 41.1 Å².